The maximum atomic E-state index is 12.9. The van der Waals surface area contributed by atoms with E-state index in [1.54, 1.807) is 28.8 Å². The molecule has 1 aromatic heterocycles. The molecule has 29 heavy (non-hydrogen) atoms. The van der Waals surface area contributed by atoms with Crippen molar-refractivity contribution in [2.24, 2.45) is 7.05 Å². The van der Waals surface area contributed by atoms with Crippen molar-refractivity contribution < 1.29 is 9.90 Å². The van der Waals surface area contributed by atoms with E-state index in [0.717, 1.165) is 11.1 Å². The Morgan fingerprint density at radius 2 is 1.97 bits per heavy atom. The molecule has 148 valence electrons. The summed E-state index contributed by atoms with van der Waals surface area (Å²) in [5.74, 6) is 0.776. The summed E-state index contributed by atoms with van der Waals surface area (Å²) in [7, 11) is 1.81. The second kappa shape index (κ2) is 7.75. The SMILES string of the molecule is Cc1cccc(CSc2nc(=O)c3c(n2C)NC(=O)CC3c2ccc(O)cc2)c1. The fourth-order valence-corrected chi connectivity index (χ4v) is 4.51. The van der Waals surface area contributed by atoms with Gasteiger partial charge in [-0.2, -0.15) is 4.98 Å². The zero-order valence-corrected chi connectivity index (χ0v) is 17.0. The molecule has 1 amide bonds. The highest BCUT2D eigenvalue weighted by Crippen LogP contribution is 2.36. The topological polar surface area (TPSA) is 84.2 Å². The number of anilines is 1. The van der Waals surface area contributed by atoms with Crippen LogP contribution in [0.25, 0.3) is 0 Å². The second-order valence-electron chi connectivity index (χ2n) is 7.19. The Kier molecular flexibility index (Phi) is 5.15. The first-order valence-corrected chi connectivity index (χ1v) is 10.3. The first-order valence-electron chi connectivity index (χ1n) is 9.30. The van der Waals surface area contributed by atoms with Gasteiger partial charge in [0.05, 0.1) is 5.56 Å². The van der Waals surface area contributed by atoms with Gasteiger partial charge >= 0.3 is 0 Å². The third-order valence-corrected chi connectivity index (χ3v) is 6.15. The maximum Gasteiger partial charge on any atom is 0.279 e. The Balaban J connectivity index is 1.71. The minimum atomic E-state index is -0.388. The number of carbonyl (C=O) groups excluding carboxylic acids is 1. The molecule has 6 nitrogen and oxygen atoms in total. The zero-order valence-electron chi connectivity index (χ0n) is 16.2. The molecular formula is C22H21N3O3S. The number of aromatic nitrogens is 2. The average molecular weight is 407 g/mol. The van der Waals surface area contributed by atoms with E-state index in [2.05, 4.69) is 16.4 Å². The van der Waals surface area contributed by atoms with Gasteiger partial charge in [0, 0.05) is 25.1 Å². The van der Waals surface area contributed by atoms with Crippen LogP contribution in [0.2, 0.25) is 0 Å². The molecule has 2 aromatic carbocycles. The molecule has 1 unspecified atom stereocenters. The van der Waals surface area contributed by atoms with Crippen LogP contribution in [0.4, 0.5) is 5.82 Å². The molecule has 3 aromatic rings. The van der Waals surface area contributed by atoms with Crippen molar-refractivity contribution in [3.05, 3.63) is 81.1 Å². The summed E-state index contributed by atoms with van der Waals surface area (Å²) >= 11 is 1.46. The number of phenols is 1. The van der Waals surface area contributed by atoms with Gasteiger partial charge in [0.15, 0.2) is 5.16 Å². The van der Waals surface area contributed by atoms with Crippen molar-refractivity contribution in [2.75, 3.05) is 5.32 Å². The van der Waals surface area contributed by atoms with E-state index >= 15 is 0 Å². The lowest BCUT2D eigenvalue weighted by Crippen LogP contribution is -2.33. The van der Waals surface area contributed by atoms with E-state index in [4.69, 9.17) is 0 Å². The molecule has 0 saturated heterocycles. The fraction of sp³-hybridized carbons (Fsp3) is 0.227. The van der Waals surface area contributed by atoms with Crippen molar-refractivity contribution in [1.29, 1.82) is 0 Å². The smallest absolute Gasteiger partial charge is 0.279 e. The molecular weight excluding hydrogens is 386 g/mol. The number of benzene rings is 2. The molecule has 0 saturated carbocycles. The van der Waals surface area contributed by atoms with E-state index in [9.17, 15) is 14.7 Å². The highest BCUT2D eigenvalue weighted by atomic mass is 32.2. The van der Waals surface area contributed by atoms with Gasteiger partial charge in [0.1, 0.15) is 11.6 Å². The molecule has 1 atom stereocenters. The molecule has 0 aliphatic carbocycles. The van der Waals surface area contributed by atoms with Gasteiger partial charge in [-0.3, -0.25) is 9.59 Å². The second-order valence-corrected chi connectivity index (χ2v) is 8.14. The van der Waals surface area contributed by atoms with E-state index in [0.29, 0.717) is 22.3 Å². The minimum Gasteiger partial charge on any atom is -0.508 e. The Morgan fingerprint density at radius 1 is 1.21 bits per heavy atom. The number of nitrogens with one attached hydrogen (secondary N) is 1. The van der Waals surface area contributed by atoms with E-state index in [1.165, 1.54) is 17.3 Å². The highest BCUT2D eigenvalue weighted by Gasteiger charge is 2.32. The number of nitrogens with zero attached hydrogens (tertiary/aromatic N) is 2. The number of carbonyl (C=O) groups is 1. The first-order chi connectivity index (χ1) is 13.9. The van der Waals surface area contributed by atoms with Gasteiger partial charge in [-0.25, -0.2) is 0 Å². The van der Waals surface area contributed by atoms with Crippen molar-refractivity contribution in [2.45, 2.75) is 30.2 Å². The Morgan fingerprint density at radius 3 is 2.69 bits per heavy atom. The number of thioether (sulfide) groups is 1. The number of aryl methyl sites for hydroxylation is 1. The number of fused-ring (bicyclic) bond motifs is 1. The number of aromatic hydroxyl groups is 1. The number of amides is 1. The van der Waals surface area contributed by atoms with E-state index in [-0.39, 0.29) is 29.6 Å². The van der Waals surface area contributed by atoms with Gasteiger partial charge in [0.2, 0.25) is 5.91 Å². The average Bonchev–Trinajstić information content (AvgIpc) is 2.69. The van der Waals surface area contributed by atoms with Gasteiger partial charge in [-0.1, -0.05) is 53.7 Å². The van der Waals surface area contributed by atoms with Crippen LogP contribution in [0.1, 0.15) is 34.6 Å². The van der Waals surface area contributed by atoms with E-state index in [1.807, 2.05) is 32.2 Å². The lowest BCUT2D eigenvalue weighted by Gasteiger charge is -2.27. The monoisotopic (exact) mass is 407 g/mol. The van der Waals surface area contributed by atoms with Crippen molar-refractivity contribution in [1.82, 2.24) is 9.55 Å². The number of phenolic OH excluding ortho intramolecular Hbond substituents is 1. The van der Waals surface area contributed by atoms with E-state index < -0.39 is 0 Å². The van der Waals surface area contributed by atoms with Crippen LogP contribution in [-0.4, -0.2) is 20.6 Å². The third kappa shape index (κ3) is 3.91. The normalized spacial score (nSPS) is 15.7. The standard InChI is InChI=1S/C22H21N3O3S/c1-13-4-3-5-14(10-13)12-29-22-24-21(28)19-17(15-6-8-16(26)9-7-15)11-18(27)23-20(19)25(22)2/h3-10,17,26H,11-12H2,1-2H3,(H,23,27). The molecule has 0 fully saturated rings. The molecule has 7 heteroatoms. The number of hydrogen-bond acceptors (Lipinski definition) is 5. The molecule has 1 aliphatic heterocycles. The summed E-state index contributed by atoms with van der Waals surface area (Å²) < 4.78 is 1.78. The predicted octanol–water partition coefficient (Wildman–Crippen LogP) is 3.56. The Bertz CT molecular complexity index is 1140. The summed E-state index contributed by atoms with van der Waals surface area (Å²) in [4.78, 5) is 29.6. The molecule has 4 rings (SSSR count). The van der Waals surface area contributed by atoms with Crippen LogP contribution in [0.15, 0.2) is 58.5 Å². The highest BCUT2D eigenvalue weighted by molar-refractivity contribution is 7.98. The summed E-state index contributed by atoms with van der Waals surface area (Å²) in [5, 5.41) is 13.0. The van der Waals surface area contributed by atoms with Crippen LogP contribution in [-0.2, 0) is 17.6 Å². The molecule has 1 aliphatic rings. The van der Waals surface area contributed by atoms with Crippen LogP contribution < -0.4 is 10.9 Å². The summed E-state index contributed by atoms with van der Waals surface area (Å²) in [6.45, 7) is 2.04. The predicted molar refractivity (Wildman–Crippen MR) is 113 cm³/mol. The van der Waals surface area contributed by atoms with Gasteiger partial charge in [-0.15, -0.1) is 0 Å². The van der Waals surface area contributed by atoms with Gasteiger partial charge in [0.25, 0.3) is 5.56 Å². The molecule has 2 heterocycles. The van der Waals surface area contributed by atoms with Crippen molar-refractivity contribution in [3.63, 3.8) is 0 Å². The zero-order chi connectivity index (χ0) is 20.5. The largest absolute Gasteiger partial charge is 0.508 e. The molecule has 2 N–H and O–H groups in total. The quantitative estimate of drug-likeness (QED) is 0.510. The van der Waals surface area contributed by atoms with Crippen molar-refractivity contribution in [3.8, 4) is 5.75 Å². The number of rotatable bonds is 4. The molecule has 0 radical (unpaired) electrons. The van der Waals surface area contributed by atoms with Crippen LogP contribution in [0, 0.1) is 6.92 Å². The van der Waals surface area contributed by atoms with Crippen LogP contribution >= 0.6 is 11.8 Å². The van der Waals surface area contributed by atoms with Gasteiger partial charge < -0.3 is 15.0 Å². The van der Waals surface area contributed by atoms with Crippen LogP contribution in [0.5, 0.6) is 5.75 Å². The summed E-state index contributed by atoms with van der Waals surface area (Å²) in [6.07, 6.45) is 0.171. The van der Waals surface area contributed by atoms with Gasteiger partial charge in [-0.05, 0) is 30.2 Å². The number of hydrogen-bond donors (Lipinski definition) is 2. The van der Waals surface area contributed by atoms with Crippen molar-refractivity contribution >= 4 is 23.5 Å². The molecule has 0 spiro atoms. The summed E-state index contributed by atoms with van der Waals surface area (Å²) in [6, 6.07) is 14.8. The Labute approximate surface area is 172 Å². The minimum absolute atomic E-state index is 0.142. The van der Waals surface area contributed by atoms with Crippen LogP contribution in [0.3, 0.4) is 0 Å². The lowest BCUT2D eigenvalue weighted by atomic mass is 9.87. The third-order valence-electron chi connectivity index (χ3n) is 5.05. The lowest BCUT2D eigenvalue weighted by molar-refractivity contribution is -0.116. The Hall–Kier alpha value is -3.06. The first kappa shape index (κ1) is 19.3. The molecule has 0 bridgehead atoms. The fourth-order valence-electron chi connectivity index (χ4n) is 3.61. The summed E-state index contributed by atoms with van der Waals surface area (Å²) in [5.41, 5.74) is 3.28. The maximum absolute atomic E-state index is 12.9.